The topological polar surface area (TPSA) is 38.3 Å². The van der Waals surface area contributed by atoms with Gasteiger partial charge in [0.05, 0.1) is 5.92 Å². The molecule has 0 radical (unpaired) electrons. The van der Waals surface area contributed by atoms with E-state index in [1.54, 1.807) is 0 Å². The molecule has 4 heteroatoms. The summed E-state index contributed by atoms with van der Waals surface area (Å²) < 4.78 is 5.49. The van der Waals surface area contributed by atoms with Crippen molar-refractivity contribution in [3.05, 3.63) is 35.9 Å². The molecule has 26 heavy (non-hydrogen) atoms. The van der Waals surface area contributed by atoms with Crippen molar-refractivity contribution in [3.8, 4) is 0 Å². The van der Waals surface area contributed by atoms with Crippen LogP contribution in [0.5, 0.6) is 0 Å². The first-order chi connectivity index (χ1) is 12.3. The number of hydrogen-bond acceptors (Lipinski definition) is 3. The highest BCUT2D eigenvalue weighted by atomic mass is 35.5. The fraction of sp³-hybridized carbons (Fsp3) is 0.682. The van der Waals surface area contributed by atoms with E-state index in [-0.39, 0.29) is 24.3 Å². The van der Waals surface area contributed by atoms with Gasteiger partial charge < -0.3 is 10.1 Å². The molecule has 0 aromatic heterocycles. The van der Waals surface area contributed by atoms with Crippen molar-refractivity contribution in [3.63, 3.8) is 0 Å². The van der Waals surface area contributed by atoms with Gasteiger partial charge in [-0.3, -0.25) is 4.79 Å². The summed E-state index contributed by atoms with van der Waals surface area (Å²) in [6.07, 6.45) is 10.9. The molecule has 148 valence electrons. The lowest BCUT2D eigenvalue weighted by Gasteiger charge is -2.27. The van der Waals surface area contributed by atoms with Crippen LogP contribution in [0.25, 0.3) is 0 Å². The number of carbonyl (C=O) groups excluding carboxylic acids is 1. The maximum Gasteiger partial charge on any atom is 0.309 e. The number of carbonyl (C=O) groups is 1. The lowest BCUT2D eigenvalue weighted by molar-refractivity contribution is -0.151. The molecule has 0 amide bonds. The zero-order valence-corrected chi connectivity index (χ0v) is 17.1. The second-order valence-electron chi connectivity index (χ2n) is 7.43. The normalized spacial score (nSPS) is 19.6. The van der Waals surface area contributed by atoms with Crippen LogP contribution in [0.2, 0.25) is 0 Å². The lowest BCUT2D eigenvalue weighted by Crippen LogP contribution is -2.30. The largest absolute Gasteiger partial charge is 0.461 e. The molecule has 0 atom stereocenters. The summed E-state index contributed by atoms with van der Waals surface area (Å²) >= 11 is 0. The Hall–Kier alpha value is -1.06. The first kappa shape index (κ1) is 23.0. The summed E-state index contributed by atoms with van der Waals surface area (Å²) in [5.41, 5.74) is 1.06. The van der Waals surface area contributed by atoms with Crippen molar-refractivity contribution >= 4 is 18.4 Å². The molecule has 1 fully saturated rings. The van der Waals surface area contributed by atoms with Crippen LogP contribution < -0.4 is 5.32 Å². The van der Waals surface area contributed by atoms with Crippen LogP contribution in [0.4, 0.5) is 0 Å². The average molecular weight is 382 g/mol. The predicted octanol–water partition coefficient (Wildman–Crippen LogP) is 5.52. The molecule has 0 saturated heterocycles. The van der Waals surface area contributed by atoms with Crippen LogP contribution in [0.3, 0.4) is 0 Å². The van der Waals surface area contributed by atoms with Gasteiger partial charge >= 0.3 is 5.97 Å². The van der Waals surface area contributed by atoms with Gasteiger partial charge in [-0.25, -0.2) is 0 Å². The van der Waals surface area contributed by atoms with E-state index in [9.17, 15) is 4.79 Å². The van der Waals surface area contributed by atoms with Gasteiger partial charge in [-0.2, -0.15) is 0 Å². The molecule has 1 aromatic carbocycles. The summed E-state index contributed by atoms with van der Waals surface area (Å²) in [5.74, 6) is 0.828. The SMILES string of the molecule is CCCCCCCNCC1CCC(C(=O)OCc2ccccc2)CC1.Cl. The van der Waals surface area contributed by atoms with E-state index in [1.807, 2.05) is 30.3 Å². The quantitative estimate of drug-likeness (QED) is 0.405. The van der Waals surface area contributed by atoms with Crippen LogP contribution in [0.15, 0.2) is 30.3 Å². The number of esters is 1. The molecule has 1 aliphatic carbocycles. The number of hydrogen-bond donors (Lipinski definition) is 1. The fourth-order valence-corrected chi connectivity index (χ4v) is 3.61. The Labute approximate surface area is 165 Å². The van der Waals surface area contributed by atoms with Crippen LogP contribution in [0, 0.1) is 11.8 Å². The molecule has 0 spiro atoms. The third-order valence-corrected chi connectivity index (χ3v) is 5.29. The van der Waals surface area contributed by atoms with Crippen LogP contribution >= 0.6 is 12.4 Å². The van der Waals surface area contributed by atoms with E-state index < -0.39 is 0 Å². The van der Waals surface area contributed by atoms with E-state index in [2.05, 4.69) is 12.2 Å². The first-order valence-electron chi connectivity index (χ1n) is 10.2. The third-order valence-electron chi connectivity index (χ3n) is 5.29. The van der Waals surface area contributed by atoms with Gasteiger partial charge in [0.2, 0.25) is 0 Å². The van der Waals surface area contributed by atoms with Crippen LogP contribution in [-0.4, -0.2) is 19.1 Å². The van der Waals surface area contributed by atoms with Crippen molar-refractivity contribution in [2.45, 2.75) is 71.3 Å². The van der Waals surface area contributed by atoms with Gasteiger partial charge in [-0.1, -0.05) is 62.9 Å². The minimum atomic E-state index is -0.00816. The highest BCUT2D eigenvalue weighted by Gasteiger charge is 2.27. The van der Waals surface area contributed by atoms with Crippen molar-refractivity contribution in [1.29, 1.82) is 0 Å². The molecule has 1 aliphatic rings. The predicted molar refractivity (Wildman–Crippen MR) is 111 cm³/mol. The Kier molecular flexibility index (Phi) is 12.4. The summed E-state index contributed by atoms with van der Waals surface area (Å²) in [7, 11) is 0. The van der Waals surface area contributed by atoms with Gasteiger partial charge in [-0.05, 0) is 56.7 Å². The van der Waals surface area contributed by atoms with Crippen molar-refractivity contribution < 1.29 is 9.53 Å². The standard InChI is InChI=1S/C22H35NO2.ClH/c1-2-3-4-5-9-16-23-17-19-12-14-21(15-13-19)22(24)25-18-20-10-7-6-8-11-20;/h6-8,10-11,19,21,23H,2-5,9,12-18H2,1H3;1H. The second-order valence-corrected chi connectivity index (χ2v) is 7.43. The van der Waals surface area contributed by atoms with Gasteiger partial charge in [-0.15, -0.1) is 12.4 Å². The molecule has 1 N–H and O–H groups in total. The van der Waals surface area contributed by atoms with E-state index in [0.717, 1.165) is 50.3 Å². The van der Waals surface area contributed by atoms with Gasteiger partial charge in [0.1, 0.15) is 6.61 Å². The van der Waals surface area contributed by atoms with Crippen LogP contribution in [-0.2, 0) is 16.1 Å². The van der Waals surface area contributed by atoms with E-state index in [4.69, 9.17) is 4.74 Å². The summed E-state index contributed by atoms with van der Waals surface area (Å²) in [5, 5.41) is 3.61. The fourth-order valence-electron chi connectivity index (χ4n) is 3.61. The highest BCUT2D eigenvalue weighted by Crippen LogP contribution is 2.29. The Balaban J connectivity index is 0.00000338. The average Bonchev–Trinajstić information content (AvgIpc) is 2.67. The number of benzene rings is 1. The van der Waals surface area contributed by atoms with E-state index in [0.29, 0.717) is 6.61 Å². The smallest absolute Gasteiger partial charge is 0.309 e. The zero-order valence-electron chi connectivity index (χ0n) is 16.3. The highest BCUT2D eigenvalue weighted by molar-refractivity contribution is 5.85. The maximum atomic E-state index is 12.2. The third kappa shape index (κ3) is 9.05. The summed E-state index contributed by atoms with van der Waals surface area (Å²) in [6.45, 7) is 4.91. The van der Waals surface area contributed by atoms with Gasteiger partial charge in [0.25, 0.3) is 0 Å². The number of halogens is 1. The van der Waals surface area contributed by atoms with E-state index >= 15 is 0 Å². The molecular formula is C22H36ClNO2. The molecule has 3 nitrogen and oxygen atoms in total. The van der Waals surface area contributed by atoms with Crippen molar-refractivity contribution in [1.82, 2.24) is 5.32 Å². The minimum absolute atomic E-state index is 0. The molecule has 1 saturated carbocycles. The van der Waals surface area contributed by atoms with Crippen molar-refractivity contribution in [2.75, 3.05) is 13.1 Å². The first-order valence-corrected chi connectivity index (χ1v) is 10.2. The lowest BCUT2D eigenvalue weighted by atomic mass is 9.82. The minimum Gasteiger partial charge on any atom is -0.461 e. The number of nitrogens with one attached hydrogen (secondary N) is 1. The summed E-state index contributed by atoms with van der Waals surface area (Å²) in [4.78, 5) is 12.2. The number of unbranched alkanes of at least 4 members (excludes halogenated alkanes) is 4. The molecule has 1 aromatic rings. The Morgan fingerprint density at radius 1 is 1.04 bits per heavy atom. The Bertz CT molecular complexity index is 472. The number of rotatable bonds is 11. The van der Waals surface area contributed by atoms with Gasteiger partial charge in [0.15, 0.2) is 0 Å². The number of ether oxygens (including phenoxy) is 1. The summed E-state index contributed by atoms with van der Waals surface area (Å²) in [6, 6.07) is 9.93. The molecule has 0 heterocycles. The Morgan fingerprint density at radius 2 is 1.73 bits per heavy atom. The van der Waals surface area contributed by atoms with Crippen LogP contribution in [0.1, 0.15) is 70.3 Å². The molecular weight excluding hydrogens is 346 g/mol. The van der Waals surface area contributed by atoms with Crippen molar-refractivity contribution in [2.24, 2.45) is 11.8 Å². The van der Waals surface area contributed by atoms with E-state index in [1.165, 1.54) is 32.1 Å². The molecule has 0 unspecified atom stereocenters. The Morgan fingerprint density at radius 3 is 2.42 bits per heavy atom. The van der Waals surface area contributed by atoms with Gasteiger partial charge in [0, 0.05) is 0 Å². The second kappa shape index (κ2) is 14.1. The maximum absolute atomic E-state index is 12.2. The molecule has 0 aliphatic heterocycles. The molecule has 2 rings (SSSR count). The monoisotopic (exact) mass is 381 g/mol. The molecule has 0 bridgehead atoms. The zero-order chi connectivity index (χ0) is 17.7.